The second-order valence-electron chi connectivity index (χ2n) is 2.47. The molecule has 0 bridgehead atoms. The fourth-order valence-corrected chi connectivity index (χ4v) is 0.926. The van der Waals surface area contributed by atoms with Crippen molar-refractivity contribution in [3.63, 3.8) is 0 Å². The summed E-state index contributed by atoms with van der Waals surface area (Å²) in [6, 6.07) is 0.755. The van der Waals surface area contributed by atoms with Crippen molar-refractivity contribution in [3.05, 3.63) is 0 Å². The highest BCUT2D eigenvalue weighted by Gasteiger charge is 1.98. The van der Waals surface area contributed by atoms with Gasteiger partial charge in [-0.15, -0.1) is 0 Å². The standard InChI is InChI=1S/C8H19N.C2H6/c1-4-7-9-8(5-2)6-3;1-2/h8-9H,4-7H2,1-3H3;1-2H3. The van der Waals surface area contributed by atoms with Crippen molar-refractivity contribution in [2.45, 2.75) is 59.9 Å². The van der Waals surface area contributed by atoms with Crippen molar-refractivity contribution >= 4 is 0 Å². The average molecular weight is 159 g/mol. The average Bonchev–Trinajstić information content (AvgIpc) is 2.10. The first-order valence-corrected chi connectivity index (χ1v) is 5.08. The molecule has 0 aliphatic rings. The van der Waals surface area contributed by atoms with E-state index in [-0.39, 0.29) is 0 Å². The van der Waals surface area contributed by atoms with E-state index in [9.17, 15) is 0 Å². The molecule has 0 aromatic heterocycles. The first-order valence-electron chi connectivity index (χ1n) is 5.08. The lowest BCUT2D eigenvalue weighted by atomic mass is 10.2. The van der Waals surface area contributed by atoms with Gasteiger partial charge in [-0.1, -0.05) is 34.6 Å². The van der Waals surface area contributed by atoms with Crippen molar-refractivity contribution in [3.8, 4) is 0 Å². The van der Waals surface area contributed by atoms with Crippen LogP contribution in [-0.4, -0.2) is 12.6 Å². The molecule has 0 aliphatic heterocycles. The SMILES string of the molecule is CC.CCCNC(CC)CC. The Morgan fingerprint density at radius 1 is 1.00 bits per heavy atom. The monoisotopic (exact) mass is 159 g/mol. The van der Waals surface area contributed by atoms with Crippen LogP contribution in [0.25, 0.3) is 0 Å². The number of hydrogen-bond acceptors (Lipinski definition) is 1. The fraction of sp³-hybridized carbons (Fsp3) is 1.00. The number of nitrogens with one attached hydrogen (secondary N) is 1. The van der Waals surface area contributed by atoms with Gasteiger partial charge in [-0.2, -0.15) is 0 Å². The van der Waals surface area contributed by atoms with E-state index in [2.05, 4.69) is 26.1 Å². The molecule has 0 radical (unpaired) electrons. The zero-order valence-electron chi connectivity index (χ0n) is 8.91. The van der Waals surface area contributed by atoms with E-state index in [0.717, 1.165) is 6.04 Å². The third-order valence-electron chi connectivity index (χ3n) is 1.67. The molecule has 0 fully saturated rings. The van der Waals surface area contributed by atoms with Crippen LogP contribution in [0.1, 0.15) is 53.9 Å². The fourth-order valence-electron chi connectivity index (χ4n) is 0.926. The molecule has 0 saturated carbocycles. The lowest BCUT2D eigenvalue weighted by molar-refractivity contribution is 0.485. The van der Waals surface area contributed by atoms with Crippen molar-refractivity contribution in [1.82, 2.24) is 5.32 Å². The Labute approximate surface area is 72.6 Å². The Hall–Kier alpha value is -0.0400. The summed E-state index contributed by atoms with van der Waals surface area (Å²) in [6.45, 7) is 11.8. The largest absolute Gasteiger partial charge is 0.314 e. The van der Waals surface area contributed by atoms with E-state index >= 15 is 0 Å². The summed E-state index contributed by atoms with van der Waals surface area (Å²) >= 11 is 0. The van der Waals surface area contributed by atoms with Crippen molar-refractivity contribution in [2.75, 3.05) is 6.54 Å². The van der Waals surface area contributed by atoms with Gasteiger partial charge in [-0.3, -0.25) is 0 Å². The Balaban J connectivity index is 0. The zero-order valence-corrected chi connectivity index (χ0v) is 8.91. The molecule has 0 saturated heterocycles. The molecule has 0 unspecified atom stereocenters. The zero-order chi connectivity index (χ0) is 9.11. The van der Waals surface area contributed by atoms with Crippen LogP contribution in [0.4, 0.5) is 0 Å². The lowest BCUT2D eigenvalue weighted by Crippen LogP contribution is -2.27. The van der Waals surface area contributed by atoms with Crippen LogP contribution in [-0.2, 0) is 0 Å². The third-order valence-corrected chi connectivity index (χ3v) is 1.67. The van der Waals surface area contributed by atoms with E-state index in [1.54, 1.807) is 0 Å². The summed E-state index contributed by atoms with van der Waals surface area (Å²) in [5.41, 5.74) is 0. The summed E-state index contributed by atoms with van der Waals surface area (Å²) in [7, 11) is 0. The van der Waals surface area contributed by atoms with Crippen LogP contribution < -0.4 is 5.32 Å². The molecular formula is C10H25N. The van der Waals surface area contributed by atoms with Crippen LogP contribution in [0.3, 0.4) is 0 Å². The van der Waals surface area contributed by atoms with Gasteiger partial charge >= 0.3 is 0 Å². The summed E-state index contributed by atoms with van der Waals surface area (Å²) in [6.07, 6.45) is 3.77. The van der Waals surface area contributed by atoms with Crippen LogP contribution in [0.5, 0.6) is 0 Å². The quantitative estimate of drug-likeness (QED) is 0.649. The van der Waals surface area contributed by atoms with Crippen LogP contribution >= 0.6 is 0 Å². The molecule has 0 aromatic rings. The maximum Gasteiger partial charge on any atom is 0.00618 e. The van der Waals surface area contributed by atoms with Gasteiger partial charge < -0.3 is 5.32 Å². The van der Waals surface area contributed by atoms with Gasteiger partial charge in [0, 0.05) is 6.04 Å². The van der Waals surface area contributed by atoms with Crippen LogP contribution in [0.15, 0.2) is 0 Å². The van der Waals surface area contributed by atoms with Crippen molar-refractivity contribution < 1.29 is 0 Å². The molecule has 1 heteroatoms. The van der Waals surface area contributed by atoms with Gasteiger partial charge in [-0.05, 0) is 25.8 Å². The molecule has 0 aromatic carbocycles. The Bertz CT molecular complexity index is 48.8. The molecule has 0 amide bonds. The van der Waals surface area contributed by atoms with E-state index in [4.69, 9.17) is 0 Å². The molecule has 1 N–H and O–H groups in total. The highest BCUT2D eigenvalue weighted by atomic mass is 14.9. The maximum atomic E-state index is 3.47. The third kappa shape index (κ3) is 9.96. The smallest absolute Gasteiger partial charge is 0.00618 e. The predicted octanol–water partition coefficient (Wildman–Crippen LogP) is 3.20. The van der Waals surface area contributed by atoms with Crippen molar-refractivity contribution in [2.24, 2.45) is 0 Å². The minimum absolute atomic E-state index is 0.755. The molecule has 0 aliphatic carbocycles. The van der Waals surface area contributed by atoms with Gasteiger partial charge in [0.15, 0.2) is 0 Å². The molecule has 0 spiro atoms. The van der Waals surface area contributed by atoms with E-state index in [1.165, 1.54) is 25.8 Å². The second-order valence-corrected chi connectivity index (χ2v) is 2.47. The minimum atomic E-state index is 0.755. The highest BCUT2D eigenvalue weighted by molar-refractivity contribution is 4.60. The van der Waals surface area contributed by atoms with Gasteiger partial charge in [0.05, 0.1) is 0 Å². The van der Waals surface area contributed by atoms with Crippen molar-refractivity contribution in [1.29, 1.82) is 0 Å². The maximum absolute atomic E-state index is 3.47. The minimum Gasteiger partial charge on any atom is -0.314 e. The van der Waals surface area contributed by atoms with Gasteiger partial charge in [0.25, 0.3) is 0 Å². The molecule has 0 heterocycles. The van der Waals surface area contributed by atoms with Gasteiger partial charge in [-0.25, -0.2) is 0 Å². The van der Waals surface area contributed by atoms with E-state index < -0.39 is 0 Å². The Morgan fingerprint density at radius 3 is 1.73 bits per heavy atom. The van der Waals surface area contributed by atoms with Gasteiger partial charge in [0.2, 0.25) is 0 Å². The predicted molar refractivity (Wildman–Crippen MR) is 54.0 cm³/mol. The molecule has 0 rings (SSSR count). The van der Waals surface area contributed by atoms with Gasteiger partial charge in [0.1, 0.15) is 0 Å². The normalized spacial score (nSPS) is 9.27. The molecule has 1 nitrogen and oxygen atoms in total. The summed E-state index contributed by atoms with van der Waals surface area (Å²) in [5, 5.41) is 3.47. The Morgan fingerprint density at radius 2 is 1.45 bits per heavy atom. The molecular weight excluding hydrogens is 134 g/mol. The Kier molecular flexibility index (Phi) is 15.5. The molecule has 0 atom stereocenters. The summed E-state index contributed by atoms with van der Waals surface area (Å²) in [5.74, 6) is 0. The second kappa shape index (κ2) is 12.6. The molecule has 70 valence electrons. The first kappa shape index (κ1) is 13.5. The van der Waals surface area contributed by atoms with E-state index in [1.807, 2.05) is 13.8 Å². The number of rotatable bonds is 5. The van der Waals surface area contributed by atoms with Crippen LogP contribution in [0, 0.1) is 0 Å². The summed E-state index contributed by atoms with van der Waals surface area (Å²) in [4.78, 5) is 0. The first-order chi connectivity index (χ1) is 5.35. The lowest BCUT2D eigenvalue weighted by Gasteiger charge is -2.12. The summed E-state index contributed by atoms with van der Waals surface area (Å²) < 4.78 is 0. The van der Waals surface area contributed by atoms with E-state index in [0.29, 0.717) is 0 Å². The van der Waals surface area contributed by atoms with Crippen LogP contribution in [0.2, 0.25) is 0 Å². The number of hydrogen-bond donors (Lipinski definition) is 1. The highest BCUT2D eigenvalue weighted by Crippen LogP contribution is 1.94. The topological polar surface area (TPSA) is 12.0 Å². The molecule has 11 heavy (non-hydrogen) atoms.